The molecule has 1 fully saturated rings. The molecule has 4 nitrogen and oxygen atoms in total. The Morgan fingerprint density at radius 2 is 2.00 bits per heavy atom. The standard InChI is InChI=1S/C14H15N3O/c1-14(2)12(8-9-15)17-11-7-5-4-6-10(11)16(3)13(17)18-14/h4-8,13H,1-3H3/b12-8-. The van der Waals surface area contributed by atoms with Crippen LogP contribution in [0.1, 0.15) is 13.8 Å². The molecular weight excluding hydrogens is 226 g/mol. The first kappa shape index (κ1) is 11.1. The number of allylic oxidation sites excluding steroid dienone is 1. The lowest BCUT2D eigenvalue weighted by Gasteiger charge is -2.23. The Morgan fingerprint density at radius 1 is 1.33 bits per heavy atom. The molecule has 0 N–H and O–H groups in total. The van der Waals surface area contributed by atoms with Crippen molar-refractivity contribution in [3.63, 3.8) is 0 Å². The third-order valence-electron chi connectivity index (χ3n) is 3.55. The van der Waals surface area contributed by atoms with Gasteiger partial charge in [-0.25, -0.2) is 0 Å². The van der Waals surface area contributed by atoms with E-state index < -0.39 is 5.60 Å². The van der Waals surface area contributed by atoms with E-state index in [-0.39, 0.29) is 6.35 Å². The molecule has 0 radical (unpaired) electrons. The Labute approximate surface area is 107 Å². The lowest BCUT2D eigenvalue weighted by molar-refractivity contribution is 0.000592. The summed E-state index contributed by atoms with van der Waals surface area (Å²) < 4.78 is 6.07. The number of anilines is 2. The highest BCUT2D eigenvalue weighted by Gasteiger charge is 2.49. The van der Waals surface area contributed by atoms with Gasteiger partial charge < -0.3 is 9.64 Å². The van der Waals surface area contributed by atoms with Crippen LogP contribution in [0.2, 0.25) is 0 Å². The van der Waals surface area contributed by atoms with Crippen molar-refractivity contribution in [1.29, 1.82) is 5.26 Å². The van der Waals surface area contributed by atoms with E-state index in [4.69, 9.17) is 10.00 Å². The molecule has 0 saturated carbocycles. The minimum Gasteiger partial charge on any atom is -0.330 e. The quantitative estimate of drug-likeness (QED) is 0.654. The second-order valence-electron chi connectivity index (χ2n) is 5.08. The van der Waals surface area contributed by atoms with Gasteiger partial charge in [0.2, 0.25) is 6.35 Å². The first-order valence-electron chi connectivity index (χ1n) is 5.95. The molecule has 0 bridgehead atoms. The summed E-state index contributed by atoms with van der Waals surface area (Å²) in [6.07, 6.45) is 1.42. The number of fused-ring (bicyclic) bond motifs is 3. The summed E-state index contributed by atoms with van der Waals surface area (Å²) in [4.78, 5) is 4.19. The van der Waals surface area contributed by atoms with Crippen molar-refractivity contribution in [1.82, 2.24) is 0 Å². The molecule has 2 aliphatic rings. The van der Waals surface area contributed by atoms with E-state index in [0.29, 0.717) is 0 Å². The molecule has 2 heterocycles. The Hall–Kier alpha value is -1.99. The summed E-state index contributed by atoms with van der Waals surface area (Å²) in [5, 5.41) is 8.97. The Bertz CT molecular complexity index is 571. The van der Waals surface area contributed by atoms with Crippen LogP contribution in [0.3, 0.4) is 0 Å². The maximum Gasteiger partial charge on any atom is 0.215 e. The maximum absolute atomic E-state index is 8.97. The van der Waals surface area contributed by atoms with Crippen molar-refractivity contribution in [3.05, 3.63) is 36.0 Å². The van der Waals surface area contributed by atoms with Gasteiger partial charge >= 0.3 is 0 Å². The highest BCUT2D eigenvalue weighted by Crippen LogP contribution is 2.49. The molecule has 0 amide bonds. The number of rotatable bonds is 0. The Morgan fingerprint density at radius 3 is 2.67 bits per heavy atom. The average molecular weight is 241 g/mol. The Kier molecular flexibility index (Phi) is 2.16. The SMILES string of the molecule is CN1c2ccccc2N2/C(=C\C#N)C(C)(C)OC12. The molecule has 1 atom stereocenters. The number of nitrogens with zero attached hydrogens (tertiary/aromatic N) is 3. The van der Waals surface area contributed by atoms with E-state index in [1.807, 2.05) is 33.0 Å². The van der Waals surface area contributed by atoms with Crippen molar-refractivity contribution >= 4 is 11.4 Å². The monoisotopic (exact) mass is 241 g/mol. The van der Waals surface area contributed by atoms with Crippen LogP contribution in [0.4, 0.5) is 11.4 Å². The molecule has 18 heavy (non-hydrogen) atoms. The molecule has 1 saturated heterocycles. The molecular formula is C14H15N3O. The van der Waals surface area contributed by atoms with Crippen molar-refractivity contribution in [3.8, 4) is 6.07 Å². The van der Waals surface area contributed by atoms with E-state index in [9.17, 15) is 0 Å². The molecule has 2 aliphatic heterocycles. The van der Waals surface area contributed by atoms with Crippen LogP contribution in [0.25, 0.3) is 0 Å². The summed E-state index contributed by atoms with van der Waals surface area (Å²) in [5.74, 6) is 0. The minimum absolute atomic E-state index is 0.156. The van der Waals surface area contributed by atoms with Crippen molar-refractivity contribution in [2.24, 2.45) is 0 Å². The van der Waals surface area contributed by atoms with E-state index in [2.05, 4.69) is 28.0 Å². The fourth-order valence-electron chi connectivity index (χ4n) is 2.68. The fraction of sp³-hybridized carbons (Fsp3) is 0.357. The van der Waals surface area contributed by atoms with Crippen LogP contribution in [0, 0.1) is 11.3 Å². The van der Waals surface area contributed by atoms with Crippen LogP contribution in [-0.2, 0) is 4.74 Å². The summed E-state index contributed by atoms with van der Waals surface area (Å²) in [7, 11) is 2.01. The van der Waals surface area contributed by atoms with Gasteiger partial charge in [-0.2, -0.15) is 5.26 Å². The van der Waals surface area contributed by atoms with Gasteiger partial charge in [-0.3, -0.25) is 4.90 Å². The summed E-state index contributed by atoms with van der Waals surface area (Å²) in [6.45, 7) is 3.98. The molecule has 0 spiro atoms. The second-order valence-corrected chi connectivity index (χ2v) is 5.08. The zero-order valence-electron chi connectivity index (χ0n) is 10.7. The highest BCUT2D eigenvalue weighted by atomic mass is 16.6. The predicted octanol–water partition coefficient (Wildman–Crippen LogP) is 2.44. The third-order valence-corrected chi connectivity index (χ3v) is 3.55. The van der Waals surface area contributed by atoms with E-state index in [1.165, 1.54) is 0 Å². The van der Waals surface area contributed by atoms with Crippen LogP contribution in [-0.4, -0.2) is 19.0 Å². The topological polar surface area (TPSA) is 39.5 Å². The average Bonchev–Trinajstić information content (AvgIpc) is 2.75. The van der Waals surface area contributed by atoms with Crippen molar-refractivity contribution in [2.75, 3.05) is 16.8 Å². The van der Waals surface area contributed by atoms with Crippen LogP contribution >= 0.6 is 0 Å². The van der Waals surface area contributed by atoms with E-state index in [1.54, 1.807) is 6.08 Å². The van der Waals surface area contributed by atoms with Gasteiger partial charge in [0.05, 0.1) is 23.1 Å². The van der Waals surface area contributed by atoms with Crippen LogP contribution in [0.5, 0.6) is 0 Å². The second kappa shape index (κ2) is 3.50. The fourth-order valence-corrected chi connectivity index (χ4v) is 2.68. The lowest BCUT2D eigenvalue weighted by Crippen LogP contribution is -2.36. The number of para-hydroxylation sites is 2. The molecule has 4 heteroatoms. The minimum atomic E-state index is -0.442. The van der Waals surface area contributed by atoms with E-state index in [0.717, 1.165) is 17.1 Å². The van der Waals surface area contributed by atoms with Gasteiger partial charge in [0.15, 0.2) is 0 Å². The number of hydrogen-bond acceptors (Lipinski definition) is 4. The molecule has 0 aromatic heterocycles. The van der Waals surface area contributed by atoms with Crippen molar-refractivity contribution in [2.45, 2.75) is 25.8 Å². The van der Waals surface area contributed by atoms with Gasteiger partial charge in [0, 0.05) is 13.1 Å². The number of nitriles is 1. The summed E-state index contributed by atoms with van der Waals surface area (Å²) >= 11 is 0. The molecule has 3 rings (SSSR count). The normalized spacial score (nSPS) is 26.1. The van der Waals surface area contributed by atoms with Crippen LogP contribution in [0.15, 0.2) is 36.0 Å². The third kappa shape index (κ3) is 1.28. The van der Waals surface area contributed by atoms with Gasteiger partial charge in [-0.1, -0.05) is 12.1 Å². The zero-order valence-corrected chi connectivity index (χ0v) is 10.7. The van der Waals surface area contributed by atoms with Gasteiger partial charge in [-0.15, -0.1) is 0 Å². The van der Waals surface area contributed by atoms with Gasteiger partial charge in [-0.05, 0) is 26.0 Å². The number of benzene rings is 1. The number of ether oxygens (including phenoxy) is 1. The summed E-state index contributed by atoms with van der Waals surface area (Å²) in [5.41, 5.74) is 2.69. The molecule has 92 valence electrons. The molecule has 1 aromatic carbocycles. The van der Waals surface area contributed by atoms with Crippen LogP contribution < -0.4 is 9.80 Å². The number of hydrogen-bond donors (Lipinski definition) is 0. The van der Waals surface area contributed by atoms with Gasteiger partial charge in [0.1, 0.15) is 5.60 Å². The van der Waals surface area contributed by atoms with Crippen molar-refractivity contribution < 1.29 is 4.74 Å². The Balaban J connectivity index is 2.17. The smallest absolute Gasteiger partial charge is 0.215 e. The predicted molar refractivity (Wildman–Crippen MR) is 70.0 cm³/mol. The first-order valence-corrected chi connectivity index (χ1v) is 5.95. The maximum atomic E-state index is 8.97. The molecule has 0 aliphatic carbocycles. The zero-order chi connectivity index (χ0) is 12.9. The molecule has 1 unspecified atom stereocenters. The van der Waals surface area contributed by atoms with Gasteiger partial charge in [0.25, 0.3) is 0 Å². The largest absolute Gasteiger partial charge is 0.330 e. The first-order chi connectivity index (χ1) is 8.56. The summed E-state index contributed by atoms with van der Waals surface area (Å²) in [6, 6.07) is 10.3. The molecule has 1 aromatic rings. The lowest BCUT2D eigenvalue weighted by atomic mass is 10.0. The van der Waals surface area contributed by atoms with E-state index >= 15 is 0 Å². The highest BCUT2D eigenvalue weighted by molar-refractivity contribution is 5.80.